The van der Waals surface area contributed by atoms with Crippen molar-refractivity contribution in [3.8, 4) is 0 Å². The zero-order valence-electron chi connectivity index (χ0n) is 11.0. The zero-order valence-corrected chi connectivity index (χ0v) is 11.9. The molecule has 1 atom stereocenters. The predicted molar refractivity (Wildman–Crippen MR) is 73.2 cm³/mol. The molecule has 0 radical (unpaired) electrons. The first-order chi connectivity index (χ1) is 9.56. The molecular formula is C11H16N4O4S. The third-order valence-corrected chi connectivity index (χ3v) is 4.16. The van der Waals surface area contributed by atoms with Crippen LogP contribution in [0.4, 0.5) is 5.13 Å². The van der Waals surface area contributed by atoms with Crippen molar-refractivity contribution in [3.05, 3.63) is 20.7 Å². The Morgan fingerprint density at radius 3 is 3.15 bits per heavy atom. The molecule has 0 bridgehead atoms. The maximum atomic E-state index is 11.9. The van der Waals surface area contributed by atoms with E-state index >= 15 is 0 Å². The van der Waals surface area contributed by atoms with Gasteiger partial charge in [-0.2, -0.15) is 0 Å². The smallest absolute Gasteiger partial charge is 0.294 e. The Morgan fingerprint density at radius 1 is 1.70 bits per heavy atom. The summed E-state index contributed by atoms with van der Waals surface area (Å²) in [5.41, 5.74) is 0.761. The van der Waals surface area contributed by atoms with Gasteiger partial charge in [0.05, 0.1) is 11.7 Å². The van der Waals surface area contributed by atoms with Crippen LogP contribution in [0.15, 0.2) is 0 Å². The minimum Gasteiger partial charge on any atom is -0.314 e. The number of aryl methyl sites for hydroxylation is 1. The first-order valence-electron chi connectivity index (χ1n) is 6.34. The van der Waals surface area contributed by atoms with E-state index in [1.165, 1.54) is 11.3 Å². The highest BCUT2D eigenvalue weighted by Gasteiger charge is 2.23. The minimum atomic E-state index is -0.815. The SMILES string of the molecule is Cc1nc(NC(=O)[C@@H]2CCCN2)sc1CCO[N+](=O)[O-]. The summed E-state index contributed by atoms with van der Waals surface area (Å²) < 4.78 is 0. The number of amides is 1. The van der Waals surface area contributed by atoms with Gasteiger partial charge in [-0.25, -0.2) is 4.98 Å². The summed E-state index contributed by atoms with van der Waals surface area (Å²) in [4.78, 5) is 31.4. The molecule has 1 aliphatic heterocycles. The van der Waals surface area contributed by atoms with E-state index in [0.717, 1.165) is 30.0 Å². The lowest BCUT2D eigenvalue weighted by atomic mass is 10.2. The number of aromatic nitrogens is 1. The second-order valence-electron chi connectivity index (χ2n) is 4.47. The van der Waals surface area contributed by atoms with Crippen LogP contribution < -0.4 is 10.6 Å². The Balaban J connectivity index is 1.89. The number of rotatable bonds is 6. The molecule has 1 fully saturated rings. The van der Waals surface area contributed by atoms with Gasteiger partial charge < -0.3 is 15.5 Å². The van der Waals surface area contributed by atoms with Crippen molar-refractivity contribution < 1.29 is 14.7 Å². The van der Waals surface area contributed by atoms with Crippen molar-refractivity contribution in [2.75, 3.05) is 18.5 Å². The second-order valence-corrected chi connectivity index (χ2v) is 5.56. The number of nitrogens with one attached hydrogen (secondary N) is 2. The lowest BCUT2D eigenvalue weighted by Crippen LogP contribution is -2.35. The third kappa shape index (κ3) is 3.87. The Bertz CT molecular complexity index is 499. The monoisotopic (exact) mass is 300 g/mol. The van der Waals surface area contributed by atoms with E-state index < -0.39 is 5.09 Å². The van der Waals surface area contributed by atoms with Gasteiger partial charge in [-0.3, -0.25) is 4.79 Å². The van der Waals surface area contributed by atoms with Gasteiger partial charge in [0.25, 0.3) is 5.09 Å². The number of nitrogens with zero attached hydrogens (tertiary/aromatic N) is 2. The molecule has 8 nitrogen and oxygen atoms in total. The maximum absolute atomic E-state index is 11.9. The first kappa shape index (κ1) is 14.7. The van der Waals surface area contributed by atoms with Crippen LogP contribution in [0.25, 0.3) is 0 Å². The molecule has 20 heavy (non-hydrogen) atoms. The topological polar surface area (TPSA) is 106 Å². The summed E-state index contributed by atoms with van der Waals surface area (Å²) in [5, 5.41) is 15.7. The first-order valence-corrected chi connectivity index (χ1v) is 7.16. The molecule has 9 heteroatoms. The van der Waals surface area contributed by atoms with Gasteiger partial charge in [-0.1, -0.05) is 0 Å². The summed E-state index contributed by atoms with van der Waals surface area (Å²) in [6.45, 7) is 2.66. The van der Waals surface area contributed by atoms with E-state index in [4.69, 9.17) is 0 Å². The normalized spacial score (nSPS) is 17.9. The molecule has 0 saturated carbocycles. The highest BCUT2D eigenvalue weighted by Crippen LogP contribution is 2.23. The van der Waals surface area contributed by atoms with Crippen molar-refractivity contribution in [3.63, 3.8) is 0 Å². The van der Waals surface area contributed by atoms with Gasteiger partial charge in [0, 0.05) is 11.3 Å². The van der Waals surface area contributed by atoms with Crippen molar-refractivity contribution in [1.29, 1.82) is 0 Å². The fourth-order valence-corrected chi connectivity index (χ4v) is 2.97. The quantitative estimate of drug-likeness (QED) is 0.597. The van der Waals surface area contributed by atoms with Gasteiger partial charge in [-0.15, -0.1) is 21.5 Å². The fraction of sp³-hybridized carbons (Fsp3) is 0.636. The number of carbonyl (C=O) groups is 1. The molecule has 2 heterocycles. The standard InChI is InChI=1S/C11H16N4O4S/c1-7-9(4-6-19-15(17)18)20-11(13-7)14-10(16)8-3-2-5-12-8/h8,12H,2-6H2,1H3,(H,13,14,16)/t8-/m0/s1. The van der Waals surface area contributed by atoms with E-state index in [1.54, 1.807) is 0 Å². The van der Waals surface area contributed by atoms with E-state index in [0.29, 0.717) is 11.6 Å². The zero-order chi connectivity index (χ0) is 14.5. The molecule has 1 saturated heterocycles. The Morgan fingerprint density at radius 2 is 2.50 bits per heavy atom. The fourth-order valence-electron chi connectivity index (χ4n) is 2.03. The molecule has 110 valence electrons. The summed E-state index contributed by atoms with van der Waals surface area (Å²) in [5.74, 6) is -0.0793. The van der Waals surface area contributed by atoms with E-state index in [-0.39, 0.29) is 18.6 Å². The van der Waals surface area contributed by atoms with E-state index in [9.17, 15) is 14.9 Å². The molecule has 1 aromatic heterocycles. The van der Waals surface area contributed by atoms with Crippen LogP contribution in [-0.4, -0.2) is 35.2 Å². The highest BCUT2D eigenvalue weighted by molar-refractivity contribution is 7.15. The van der Waals surface area contributed by atoms with Crippen molar-refractivity contribution in [2.24, 2.45) is 0 Å². The lowest BCUT2D eigenvalue weighted by Gasteiger charge is -2.08. The van der Waals surface area contributed by atoms with Gasteiger partial charge in [0.15, 0.2) is 5.13 Å². The summed E-state index contributed by atoms with van der Waals surface area (Å²) in [7, 11) is 0. The highest BCUT2D eigenvalue weighted by atomic mass is 32.1. The Labute approximate surface area is 119 Å². The molecular weight excluding hydrogens is 284 g/mol. The number of thiazole rings is 1. The molecule has 0 aromatic carbocycles. The van der Waals surface area contributed by atoms with Crippen molar-refractivity contribution in [2.45, 2.75) is 32.2 Å². The summed E-state index contributed by atoms with van der Waals surface area (Å²) >= 11 is 1.32. The third-order valence-electron chi connectivity index (χ3n) is 3.03. The summed E-state index contributed by atoms with van der Waals surface area (Å²) in [6, 6.07) is -0.152. The molecule has 0 spiro atoms. The van der Waals surface area contributed by atoms with Gasteiger partial charge in [0.1, 0.15) is 6.61 Å². The van der Waals surface area contributed by atoms with Crippen LogP contribution in [0.2, 0.25) is 0 Å². The summed E-state index contributed by atoms with van der Waals surface area (Å²) in [6.07, 6.45) is 2.24. The van der Waals surface area contributed by atoms with Crippen LogP contribution in [0.3, 0.4) is 0 Å². The molecule has 1 amide bonds. The molecule has 1 aromatic rings. The van der Waals surface area contributed by atoms with Crippen LogP contribution in [0.5, 0.6) is 0 Å². The van der Waals surface area contributed by atoms with Crippen molar-refractivity contribution >= 4 is 22.4 Å². The predicted octanol–water partition coefficient (Wildman–Crippen LogP) is 0.893. The largest absolute Gasteiger partial charge is 0.314 e. The molecule has 1 aliphatic rings. The van der Waals surface area contributed by atoms with Gasteiger partial charge in [-0.05, 0) is 26.3 Å². The van der Waals surface area contributed by atoms with E-state index in [1.807, 2.05) is 6.92 Å². The lowest BCUT2D eigenvalue weighted by molar-refractivity contribution is -0.757. The van der Waals surface area contributed by atoms with E-state index in [2.05, 4.69) is 20.5 Å². The van der Waals surface area contributed by atoms with Gasteiger partial charge in [0.2, 0.25) is 5.91 Å². The second kappa shape index (κ2) is 6.62. The van der Waals surface area contributed by atoms with Crippen LogP contribution in [-0.2, 0) is 16.1 Å². The Hall–Kier alpha value is -1.74. The number of hydrogen-bond acceptors (Lipinski definition) is 7. The van der Waals surface area contributed by atoms with Crippen LogP contribution in [0.1, 0.15) is 23.4 Å². The van der Waals surface area contributed by atoms with Crippen LogP contribution >= 0.6 is 11.3 Å². The molecule has 0 aliphatic carbocycles. The molecule has 0 unspecified atom stereocenters. The number of anilines is 1. The molecule has 2 N–H and O–H groups in total. The average molecular weight is 300 g/mol. The maximum Gasteiger partial charge on any atom is 0.294 e. The Kier molecular flexibility index (Phi) is 4.85. The molecule has 2 rings (SSSR count). The average Bonchev–Trinajstić information content (AvgIpc) is 2.99. The van der Waals surface area contributed by atoms with Gasteiger partial charge >= 0.3 is 0 Å². The number of carbonyl (C=O) groups excluding carboxylic acids is 1. The number of hydrogen-bond donors (Lipinski definition) is 2. The minimum absolute atomic E-state index is 0.00635. The van der Waals surface area contributed by atoms with Crippen LogP contribution in [0, 0.1) is 17.0 Å². The van der Waals surface area contributed by atoms with Crippen molar-refractivity contribution in [1.82, 2.24) is 10.3 Å².